The SMILES string of the molecule is C=CC(=O)N(C)CC(=O)N1CCN(S(=O)(=O)n2ccc3c(OC)nccc32)CC1.C=CC(=O)NCC(=O)N1CCN(S(=O)(=O)n2ccc3c(OC)nccc32)CC1.[HH]. The Hall–Kier alpha value is -5.84. The van der Waals surface area contributed by atoms with Crippen LogP contribution < -0.4 is 14.8 Å². The number of aromatic nitrogens is 4. The molecular weight excluding hydrogens is 785 g/mol. The lowest BCUT2D eigenvalue weighted by Crippen LogP contribution is -2.53. The number of pyridine rings is 2. The molecule has 57 heavy (non-hydrogen) atoms. The molecule has 2 fully saturated rings. The molecule has 0 aliphatic carbocycles. The molecule has 6 rings (SSSR count). The normalized spacial score (nSPS) is 15.4. The topological polar surface area (TPSA) is 219 Å². The van der Waals surface area contributed by atoms with Crippen molar-refractivity contribution in [1.82, 2.24) is 46.5 Å². The Bertz CT molecular complexity index is 2390. The predicted molar refractivity (Wildman–Crippen MR) is 211 cm³/mol. The summed E-state index contributed by atoms with van der Waals surface area (Å²) in [6.07, 6.45) is 8.14. The smallest absolute Gasteiger partial charge is 0.308 e. The predicted octanol–water partition coefficient (Wildman–Crippen LogP) is -0.243. The van der Waals surface area contributed by atoms with Crippen LogP contribution in [0.4, 0.5) is 0 Å². The maximum absolute atomic E-state index is 13.1. The van der Waals surface area contributed by atoms with E-state index in [1.165, 1.54) is 72.4 Å². The van der Waals surface area contributed by atoms with Crippen molar-refractivity contribution in [3.05, 3.63) is 74.4 Å². The van der Waals surface area contributed by atoms with Gasteiger partial charge in [0.15, 0.2) is 0 Å². The fraction of sp³-hybridized carbons (Fsp3) is 0.371. The molecule has 0 saturated carbocycles. The van der Waals surface area contributed by atoms with E-state index in [1.54, 1.807) is 29.2 Å². The molecule has 6 heterocycles. The first-order valence-corrected chi connectivity index (χ1v) is 20.3. The molecule has 2 aliphatic heterocycles. The van der Waals surface area contributed by atoms with Crippen molar-refractivity contribution in [1.29, 1.82) is 0 Å². The van der Waals surface area contributed by atoms with Crippen LogP contribution in [0.3, 0.4) is 0 Å². The highest BCUT2D eigenvalue weighted by atomic mass is 32.2. The quantitative estimate of drug-likeness (QED) is 0.183. The van der Waals surface area contributed by atoms with Crippen molar-refractivity contribution in [2.75, 3.05) is 86.7 Å². The van der Waals surface area contributed by atoms with Gasteiger partial charge in [-0.25, -0.2) is 17.9 Å². The number of carbonyl (C=O) groups is 4. The molecular formula is C35H46N10O10S2. The largest absolute Gasteiger partial charge is 0.481 e. The highest BCUT2D eigenvalue weighted by Crippen LogP contribution is 2.27. The van der Waals surface area contributed by atoms with Gasteiger partial charge in [-0.15, -0.1) is 0 Å². The number of carbonyl (C=O) groups excluding carboxylic acids is 4. The number of hydrogen-bond donors (Lipinski definition) is 1. The Morgan fingerprint density at radius 3 is 1.58 bits per heavy atom. The molecule has 20 nitrogen and oxygen atoms in total. The van der Waals surface area contributed by atoms with Gasteiger partial charge in [0, 0.05) is 85.6 Å². The van der Waals surface area contributed by atoms with E-state index in [1.807, 2.05) is 0 Å². The molecule has 0 spiro atoms. The Morgan fingerprint density at radius 1 is 0.737 bits per heavy atom. The van der Waals surface area contributed by atoms with Gasteiger partial charge in [0.1, 0.15) is 0 Å². The highest BCUT2D eigenvalue weighted by molar-refractivity contribution is 7.88. The number of nitrogens with one attached hydrogen (secondary N) is 1. The van der Waals surface area contributed by atoms with Crippen LogP contribution in [0.1, 0.15) is 1.43 Å². The first-order chi connectivity index (χ1) is 27.2. The average Bonchev–Trinajstić information content (AvgIpc) is 3.89. The summed E-state index contributed by atoms with van der Waals surface area (Å²) in [5.74, 6) is -0.576. The minimum atomic E-state index is -3.81. The lowest BCUT2D eigenvalue weighted by molar-refractivity contribution is -0.138. The molecule has 1 N–H and O–H groups in total. The van der Waals surface area contributed by atoms with E-state index >= 15 is 0 Å². The lowest BCUT2D eigenvalue weighted by Gasteiger charge is -2.34. The van der Waals surface area contributed by atoms with E-state index in [0.29, 0.717) is 33.6 Å². The van der Waals surface area contributed by atoms with Gasteiger partial charge in [-0.05, 0) is 36.4 Å². The molecule has 0 bridgehead atoms. The van der Waals surface area contributed by atoms with E-state index < -0.39 is 26.3 Å². The first kappa shape index (κ1) is 42.3. The fourth-order valence-corrected chi connectivity index (χ4v) is 9.22. The summed E-state index contributed by atoms with van der Waals surface area (Å²) in [6.45, 7) is 8.11. The van der Waals surface area contributed by atoms with Crippen LogP contribution in [0.15, 0.2) is 74.4 Å². The Labute approximate surface area is 331 Å². The molecule has 308 valence electrons. The summed E-state index contributed by atoms with van der Waals surface area (Å²) in [6, 6.07) is 6.50. The van der Waals surface area contributed by atoms with Gasteiger partial charge in [0.2, 0.25) is 35.4 Å². The van der Waals surface area contributed by atoms with Crippen molar-refractivity contribution < 1.29 is 46.9 Å². The third-order valence-electron chi connectivity index (χ3n) is 9.33. The summed E-state index contributed by atoms with van der Waals surface area (Å²) in [5.41, 5.74) is 0.942. The van der Waals surface area contributed by atoms with Gasteiger partial charge < -0.3 is 29.5 Å². The number of piperazine rings is 2. The van der Waals surface area contributed by atoms with Crippen molar-refractivity contribution in [3.63, 3.8) is 0 Å². The summed E-state index contributed by atoms with van der Waals surface area (Å²) < 4.78 is 67.7. The number of methoxy groups -OCH3 is 2. The van der Waals surface area contributed by atoms with Crippen LogP contribution in [0.5, 0.6) is 11.8 Å². The Kier molecular flexibility index (Phi) is 13.3. The zero-order chi connectivity index (χ0) is 41.5. The summed E-state index contributed by atoms with van der Waals surface area (Å²) in [5, 5.41) is 3.62. The average molecular weight is 831 g/mol. The number of rotatable bonds is 12. The van der Waals surface area contributed by atoms with Crippen molar-refractivity contribution in [2.45, 2.75) is 0 Å². The van der Waals surface area contributed by atoms with Gasteiger partial charge in [-0.1, -0.05) is 13.2 Å². The monoisotopic (exact) mass is 830 g/mol. The van der Waals surface area contributed by atoms with Crippen molar-refractivity contribution in [2.24, 2.45) is 0 Å². The lowest BCUT2D eigenvalue weighted by atomic mass is 10.3. The van der Waals surface area contributed by atoms with Gasteiger partial charge in [-0.2, -0.15) is 25.4 Å². The molecule has 0 atom stereocenters. The molecule has 0 aromatic carbocycles. The van der Waals surface area contributed by atoms with Crippen LogP contribution >= 0.6 is 0 Å². The van der Waals surface area contributed by atoms with Gasteiger partial charge in [0.25, 0.3) is 0 Å². The third kappa shape index (κ3) is 9.09. The molecule has 4 aromatic rings. The Balaban J connectivity index is 0.000000252. The number of hydrogen-bond acceptors (Lipinski definition) is 12. The highest BCUT2D eigenvalue weighted by Gasteiger charge is 2.33. The van der Waals surface area contributed by atoms with Crippen molar-refractivity contribution >= 4 is 65.9 Å². The summed E-state index contributed by atoms with van der Waals surface area (Å²) in [4.78, 5) is 59.7. The number of amides is 4. The molecule has 4 amide bonds. The standard InChI is InChI=1S/C18H23N5O5S.C17H21N5O5S.H2/c1-4-16(24)20(2)13-17(25)21-9-11-22(12-10-21)29(26,27)23-8-6-14-15(23)5-7-19-18(14)28-3;1-3-15(23)19-12-16(24)20-8-10-21(11-9-20)28(25,26)22-7-5-13-14(22)4-6-18-17(13)27-2;/h4-8H,1,9-13H2,2-3H3;3-7H,1,8-12H2,2H3,(H,19,23);1H. The first-order valence-electron chi connectivity index (χ1n) is 17.5. The van der Waals surface area contributed by atoms with Crippen LogP contribution in [0.2, 0.25) is 0 Å². The van der Waals surface area contributed by atoms with Crippen molar-refractivity contribution in [3.8, 4) is 11.8 Å². The second kappa shape index (κ2) is 18.0. The molecule has 2 aliphatic rings. The minimum Gasteiger partial charge on any atom is -0.481 e. The van der Waals surface area contributed by atoms with E-state index in [-0.39, 0.29) is 84.6 Å². The van der Waals surface area contributed by atoms with Gasteiger partial charge in [-0.3, -0.25) is 19.2 Å². The molecule has 0 radical (unpaired) electrons. The number of ether oxygens (including phenoxy) is 2. The third-order valence-corrected chi connectivity index (χ3v) is 13.0. The maximum atomic E-state index is 13.1. The van der Waals surface area contributed by atoms with E-state index in [4.69, 9.17) is 9.47 Å². The van der Waals surface area contributed by atoms with E-state index in [2.05, 4.69) is 28.4 Å². The van der Waals surface area contributed by atoms with Crippen LogP contribution in [0.25, 0.3) is 21.8 Å². The molecule has 4 aromatic heterocycles. The zero-order valence-electron chi connectivity index (χ0n) is 31.7. The maximum Gasteiger partial charge on any atom is 0.308 e. The minimum absolute atomic E-state index is 0. The Morgan fingerprint density at radius 2 is 1.18 bits per heavy atom. The van der Waals surface area contributed by atoms with Crippen LogP contribution in [-0.4, -0.2) is 168 Å². The zero-order valence-corrected chi connectivity index (χ0v) is 33.3. The van der Waals surface area contributed by atoms with E-state index in [0.717, 1.165) is 12.2 Å². The van der Waals surface area contributed by atoms with Crippen LogP contribution in [-0.2, 0) is 39.6 Å². The van der Waals surface area contributed by atoms with Gasteiger partial charge >= 0.3 is 20.4 Å². The summed E-state index contributed by atoms with van der Waals surface area (Å²) in [7, 11) is -3.15. The molecule has 22 heteroatoms. The van der Waals surface area contributed by atoms with Gasteiger partial charge in [0.05, 0.1) is 49.1 Å². The number of nitrogens with zero attached hydrogens (tertiary/aromatic N) is 9. The molecule has 0 unspecified atom stereocenters. The second-order valence-corrected chi connectivity index (χ2v) is 16.2. The summed E-state index contributed by atoms with van der Waals surface area (Å²) >= 11 is 0. The number of likely N-dealkylation sites (N-methyl/N-ethyl adjacent to an activating group) is 1. The second-order valence-electron chi connectivity index (χ2n) is 12.6. The van der Waals surface area contributed by atoms with E-state index in [9.17, 15) is 36.0 Å². The fourth-order valence-electron chi connectivity index (χ4n) is 6.23. The van der Waals surface area contributed by atoms with Crippen LogP contribution in [0, 0.1) is 0 Å². The number of fused-ring (bicyclic) bond motifs is 2. The molecule has 2 saturated heterocycles.